The Morgan fingerprint density at radius 3 is 2.72 bits per heavy atom. The number of benzene rings is 1. The first-order valence-electron chi connectivity index (χ1n) is 8.61. The molecule has 3 rings (SSSR count). The van der Waals surface area contributed by atoms with E-state index in [1.165, 1.54) is 12.1 Å². The normalized spacial score (nSPS) is 17.8. The van der Waals surface area contributed by atoms with Crippen molar-refractivity contribution in [3.63, 3.8) is 0 Å². The lowest BCUT2D eigenvalue weighted by Gasteiger charge is -2.23. The first-order valence-corrected chi connectivity index (χ1v) is 9.49. The Hall–Kier alpha value is -1.76. The third-order valence-electron chi connectivity index (χ3n) is 4.52. The molecular weight excluding hydrogens is 337 g/mol. The minimum atomic E-state index is -0.270. The fourth-order valence-electron chi connectivity index (χ4n) is 3.10. The van der Waals surface area contributed by atoms with E-state index in [1.54, 1.807) is 23.5 Å². The second-order valence-corrected chi connectivity index (χ2v) is 7.48. The van der Waals surface area contributed by atoms with Crippen molar-refractivity contribution in [3.05, 3.63) is 58.0 Å². The van der Waals surface area contributed by atoms with Crippen LogP contribution in [0.5, 0.6) is 0 Å². The van der Waals surface area contributed by atoms with E-state index in [0.29, 0.717) is 6.54 Å². The molecule has 0 saturated carbocycles. The van der Waals surface area contributed by atoms with Crippen LogP contribution < -0.4 is 5.32 Å². The molecule has 1 aromatic carbocycles. The van der Waals surface area contributed by atoms with Crippen LogP contribution >= 0.6 is 11.3 Å². The van der Waals surface area contributed by atoms with Gasteiger partial charge in [0.25, 0.3) is 0 Å². The molecule has 1 aromatic heterocycles. The van der Waals surface area contributed by atoms with Crippen LogP contribution in [-0.2, 0) is 4.79 Å². The van der Waals surface area contributed by atoms with E-state index in [9.17, 15) is 9.18 Å². The lowest BCUT2D eigenvalue weighted by atomic mass is 10.1. The molecule has 134 valence electrons. The van der Waals surface area contributed by atoms with Gasteiger partial charge < -0.3 is 10.2 Å². The van der Waals surface area contributed by atoms with Crippen LogP contribution in [0.1, 0.15) is 22.9 Å². The monoisotopic (exact) mass is 361 g/mol. The minimum Gasteiger partial charge on any atom is -0.343 e. The summed E-state index contributed by atoms with van der Waals surface area (Å²) in [6, 6.07) is 10.1. The predicted octanol–water partition coefficient (Wildman–Crippen LogP) is 2.73. The molecule has 4 nitrogen and oxygen atoms in total. The summed E-state index contributed by atoms with van der Waals surface area (Å²) in [6.07, 6.45) is 1.08. The van der Waals surface area contributed by atoms with Crippen molar-refractivity contribution < 1.29 is 9.18 Å². The fraction of sp³-hybridized carbons (Fsp3) is 0.421. The van der Waals surface area contributed by atoms with Crippen LogP contribution in [0, 0.1) is 5.82 Å². The standard InChI is InChI=1S/C19H24FN3OS/c1-22-9-3-10-23(12-11-22)14-18(24)21-19(17-4-2-13-25-17)15-5-7-16(20)8-6-15/h2,4-8,13,19H,3,9-12,14H2,1H3,(H,21,24). The molecule has 2 heterocycles. The molecule has 0 aliphatic carbocycles. The van der Waals surface area contributed by atoms with Crippen LogP contribution in [0.3, 0.4) is 0 Å². The average Bonchev–Trinajstić information content (AvgIpc) is 3.05. The number of nitrogens with zero attached hydrogens (tertiary/aromatic N) is 2. The highest BCUT2D eigenvalue weighted by atomic mass is 32.1. The number of carbonyl (C=O) groups is 1. The van der Waals surface area contributed by atoms with Crippen LogP contribution in [0.2, 0.25) is 0 Å². The Morgan fingerprint density at radius 2 is 2.00 bits per heavy atom. The summed E-state index contributed by atoms with van der Waals surface area (Å²) in [5.74, 6) is -0.263. The smallest absolute Gasteiger partial charge is 0.234 e. The number of rotatable bonds is 5. The van der Waals surface area contributed by atoms with Gasteiger partial charge in [0.2, 0.25) is 5.91 Å². The topological polar surface area (TPSA) is 35.6 Å². The largest absolute Gasteiger partial charge is 0.343 e. The molecule has 2 aromatic rings. The first kappa shape index (κ1) is 18.0. The highest BCUT2D eigenvalue weighted by Crippen LogP contribution is 2.26. The van der Waals surface area contributed by atoms with Gasteiger partial charge in [-0.25, -0.2) is 4.39 Å². The van der Waals surface area contributed by atoms with Crippen molar-refractivity contribution in [2.24, 2.45) is 0 Å². The summed E-state index contributed by atoms with van der Waals surface area (Å²) >= 11 is 1.59. The molecular formula is C19H24FN3OS. The van der Waals surface area contributed by atoms with Crippen molar-refractivity contribution in [2.45, 2.75) is 12.5 Å². The predicted molar refractivity (Wildman–Crippen MR) is 99.3 cm³/mol. The maximum atomic E-state index is 13.2. The maximum Gasteiger partial charge on any atom is 0.234 e. The highest BCUT2D eigenvalue weighted by Gasteiger charge is 2.20. The number of thiophene rings is 1. The summed E-state index contributed by atoms with van der Waals surface area (Å²) in [4.78, 5) is 18.2. The van der Waals surface area contributed by atoms with E-state index in [2.05, 4.69) is 22.2 Å². The molecule has 1 atom stereocenters. The van der Waals surface area contributed by atoms with Gasteiger partial charge >= 0.3 is 0 Å². The maximum absolute atomic E-state index is 13.2. The number of halogens is 1. The zero-order chi connectivity index (χ0) is 17.6. The Labute approximate surface area is 152 Å². The van der Waals surface area contributed by atoms with Gasteiger partial charge in [0.15, 0.2) is 0 Å². The molecule has 1 aliphatic rings. The summed E-state index contributed by atoms with van der Waals surface area (Å²) in [5.41, 5.74) is 0.896. The number of carbonyl (C=O) groups excluding carboxylic acids is 1. The number of hydrogen-bond donors (Lipinski definition) is 1. The van der Waals surface area contributed by atoms with Crippen molar-refractivity contribution in [2.75, 3.05) is 39.8 Å². The van der Waals surface area contributed by atoms with Gasteiger partial charge in [0, 0.05) is 18.0 Å². The molecule has 1 aliphatic heterocycles. The van der Waals surface area contributed by atoms with E-state index in [4.69, 9.17) is 0 Å². The quantitative estimate of drug-likeness (QED) is 0.889. The molecule has 0 bridgehead atoms. The van der Waals surface area contributed by atoms with Gasteiger partial charge in [-0.2, -0.15) is 0 Å². The Balaban J connectivity index is 1.67. The molecule has 1 saturated heterocycles. The third kappa shape index (κ3) is 5.11. The molecule has 6 heteroatoms. The SMILES string of the molecule is CN1CCCN(CC(=O)NC(c2ccc(F)cc2)c2cccs2)CC1. The molecule has 25 heavy (non-hydrogen) atoms. The highest BCUT2D eigenvalue weighted by molar-refractivity contribution is 7.10. The first-order chi connectivity index (χ1) is 12.1. The van der Waals surface area contributed by atoms with E-state index in [0.717, 1.165) is 43.0 Å². The summed E-state index contributed by atoms with van der Waals surface area (Å²) in [6.45, 7) is 4.31. The fourth-order valence-corrected chi connectivity index (χ4v) is 3.90. The number of hydrogen-bond acceptors (Lipinski definition) is 4. The van der Waals surface area contributed by atoms with Gasteiger partial charge in [-0.1, -0.05) is 18.2 Å². The van der Waals surface area contributed by atoms with Gasteiger partial charge in [-0.3, -0.25) is 9.69 Å². The summed E-state index contributed by atoms with van der Waals surface area (Å²) in [7, 11) is 2.12. The summed E-state index contributed by atoms with van der Waals surface area (Å²) in [5, 5.41) is 5.12. The van der Waals surface area contributed by atoms with Crippen LogP contribution in [0.4, 0.5) is 4.39 Å². The van der Waals surface area contributed by atoms with Crippen molar-refractivity contribution in [1.29, 1.82) is 0 Å². The number of nitrogens with one attached hydrogen (secondary N) is 1. The molecule has 1 N–H and O–H groups in total. The molecule has 0 radical (unpaired) electrons. The van der Waals surface area contributed by atoms with Crippen LogP contribution in [0.25, 0.3) is 0 Å². The van der Waals surface area contributed by atoms with Gasteiger partial charge in [0.05, 0.1) is 12.6 Å². The lowest BCUT2D eigenvalue weighted by molar-refractivity contribution is -0.122. The minimum absolute atomic E-state index is 0.00674. The van der Waals surface area contributed by atoms with Crippen LogP contribution in [0.15, 0.2) is 41.8 Å². The third-order valence-corrected chi connectivity index (χ3v) is 5.45. The van der Waals surface area contributed by atoms with E-state index in [1.807, 2.05) is 17.5 Å². The lowest BCUT2D eigenvalue weighted by Crippen LogP contribution is -2.40. The number of likely N-dealkylation sites (N-methyl/N-ethyl adjacent to an activating group) is 1. The summed E-state index contributed by atoms with van der Waals surface area (Å²) < 4.78 is 13.2. The number of amides is 1. The van der Waals surface area contributed by atoms with Gasteiger partial charge in [0.1, 0.15) is 5.82 Å². The average molecular weight is 361 g/mol. The van der Waals surface area contributed by atoms with Gasteiger partial charge in [-0.15, -0.1) is 11.3 Å². The molecule has 1 amide bonds. The molecule has 1 fully saturated rings. The van der Waals surface area contributed by atoms with E-state index >= 15 is 0 Å². The second-order valence-electron chi connectivity index (χ2n) is 6.50. The Morgan fingerprint density at radius 1 is 1.20 bits per heavy atom. The van der Waals surface area contributed by atoms with E-state index < -0.39 is 0 Å². The zero-order valence-corrected chi connectivity index (χ0v) is 15.3. The van der Waals surface area contributed by atoms with Crippen molar-refractivity contribution in [3.8, 4) is 0 Å². The molecule has 1 unspecified atom stereocenters. The van der Waals surface area contributed by atoms with E-state index in [-0.39, 0.29) is 17.8 Å². The van der Waals surface area contributed by atoms with Gasteiger partial charge in [-0.05, 0) is 55.7 Å². The zero-order valence-electron chi connectivity index (χ0n) is 14.5. The second kappa shape index (κ2) is 8.56. The Kier molecular flexibility index (Phi) is 6.18. The van der Waals surface area contributed by atoms with Crippen molar-refractivity contribution in [1.82, 2.24) is 15.1 Å². The van der Waals surface area contributed by atoms with Crippen molar-refractivity contribution >= 4 is 17.2 Å². The molecule has 0 spiro atoms. The Bertz CT molecular complexity index is 674. The van der Waals surface area contributed by atoms with Crippen LogP contribution in [-0.4, -0.2) is 55.5 Å².